The Bertz CT molecular complexity index is 1500. The first-order chi connectivity index (χ1) is 18.6. The molecule has 2 heterocycles. The first-order valence-electron chi connectivity index (χ1n) is 13.0. The third kappa shape index (κ3) is 6.00. The number of benzene rings is 3. The van der Waals surface area contributed by atoms with E-state index < -0.39 is 24.4 Å². The molecule has 1 atom stereocenters. The quantitative estimate of drug-likeness (QED) is 0.323. The average molecular weight is 609 g/mol. The van der Waals surface area contributed by atoms with Crippen molar-refractivity contribution in [3.8, 4) is 5.75 Å². The molecule has 2 aliphatic heterocycles. The molecule has 0 amide bonds. The molecule has 5 rings (SSSR count). The van der Waals surface area contributed by atoms with Gasteiger partial charge in [-0.2, -0.15) is 0 Å². The van der Waals surface area contributed by atoms with Crippen LogP contribution in [0.1, 0.15) is 30.4 Å². The number of sulfone groups is 2. The lowest BCUT2D eigenvalue weighted by molar-refractivity contribution is 0.259. The molecular weight excluding hydrogens is 577 g/mol. The summed E-state index contributed by atoms with van der Waals surface area (Å²) in [5.41, 5.74) is 1.40. The van der Waals surface area contributed by atoms with Crippen LogP contribution < -0.4 is 4.74 Å². The van der Waals surface area contributed by atoms with Crippen LogP contribution in [0.4, 0.5) is 0 Å². The average Bonchev–Trinajstić information content (AvgIpc) is 3.36. The Kier molecular flexibility index (Phi) is 8.32. The molecule has 0 spiro atoms. The molecule has 0 aliphatic carbocycles. The summed E-state index contributed by atoms with van der Waals surface area (Å²) in [5, 5.41) is 1.04. The van der Waals surface area contributed by atoms with E-state index in [1.807, 2.05) is 12.1 Å². The lowest BCUT2D eigenvalue weighted by Gasteiger charge is -2.32. The van der Waals surface area contributed by atoms with E-state index in [-0.39, 0.29) is 24.0 Å². The van der Waals surface area contributed by atoms with Gasteiger partial charge in [-0.15, -0.1) is 0 Å². The predicted molar refractivity (Wildman–Crippen MR) is 155 cm³/mol. The van der Waals surface area contributed by atoms with Gasteiger partial charge in [0.1, 0.15) is 26.9 Å². The van der Waals surface area contributed by atoms with Crippen LogP contribution in [-0.4, -0.2) is 52.9 Å². The molecule has 0 aromatic heterocycles. The normalized spacial score (nSPS) is 22.1. The number of halogens is 2. The Labute approximate surface area is 240 Å². The maximum absolute atomic E-state index is 14.2. The molecule has 2 fully saturated rings. The fourth-order valence-corrected chi connectivity index (χ4v) is 9.84. The van der Waals surface area contributed by atoms with Crippen LogP contribution >= 0.6 is 23.2 Å². The summed E-state index contributed by atoms with van der Waals surface area (Å²) < 4.78 is 56.9. The zero-order valence-electron chi connectivity index (χ0n) is 21.4. The zero-order chi connectivity index (χ0) is 27.7. The van der Waals surface area contributed by atoms with Gasteiger partial charge in [0.25, 0.3) is 0 Å². The van der Waals surface area contributed by atoms with Crippen molar-refractivity contribution >= 4 is 42.9 Å². The Morgan fingerprint density at radius 3 is 2.18 bits per heavy atom. The SMILES string of the molecule is O=S1(=O)CCC(CN2CC[C@](c3ccc(OCc4c(Cl)cccc4Cl)cc3)(S(=O)(=O)c3ccccc3)C2)CC1. The van der Waals surface area contributed by atoms with Crippen LogP contribution in [0.5, 0.6) is 5.75 Å². The fraction of sp³-hybridized carbons (Fsp3) is 0.379. The van der Waals surface area contributed by atoms with E-state index in [2.05, 4.69) is 4.90 Å². The molecule has 39 heavy (non-hydrogen) atoms. The van der Waals surface area contributed by atoms with Gasteiger partial charge < -0.3 is 9.64 Å². The highest BCUT2D eigenvalue weighted by Crippen LogP contribution is 2.44. The van der Waals surface area contributed by atoms with Gasteiger partial charge in [0.15, 0.2) is 9.84 Å². The van der Waals surface area contributed by atoms with E-state index in [1.54, 1.807) is 60.7 Å². The van der Waals surface area contributed by atoms with Gasteiger partial charge in [0, 0.05) is 35.2 Å². The summed E-state index contributed by atoms with van der Waals surface area (Å²) in [6.07, 6.45) is 1.70. The van der Waals surface area contributed by atoms with E-state index >= 15 is 0 Å². The third-order valence-corrected chi connectivity index (χ3v) is 12.8. The molecule has 0 N–H and O–H groups in total. The van der Waals surface area contributed by atoms with Crippen molar-refractivity contribution in [3.05, 3.63) is 94.0 Å². The molecule has 2 aliphatic rings. The van der Waals surface area contributed by atoms with Gasteiger partial charge in [-0.05, 0) is 67.1 Å². The topological polar surface area (TPSA) is 80.8 Å². The molecule has 0 radical (unpaired) electrons. The number of likely N-dealkylation sites (tertiary alicyclic amines) is 1. The molecule has 6 nitrogen and oxygen atoms in total. The largest absolute Gasteiger partial charge is 0.489 e. The summed E-state index contributed by atoms with van der Waals surface area (Å²) in [6, 6.07) is 21.1. The van der Waals surface area contributed by atoms with Crippen molar-refractivity contribution in [3.63, 3.8) is 0 Å². The minimum atomic E-state index is -3.74. The van der Waals surface area contributed by atoms with Gasteiger partial charge >= 0.3 is 0 Å². The summed E-state index contributed by atoms with van der Waals surface area (Å²) in [5.74, 6) is 1.25. The van der Waals surface area contributed by atoms with Crippen molar-refractivity contribution in [2.75, 3.05) is 31.1 Å². The molecule has 10 heteroatoms. The molecule has 0 bridgehead atoms. The van der Waals surface area contributed by atoms with Crippen molar-refractivity contribution in [2.24, 2.45) is 5.92 Å². The van der Waals surface area contributed by atoms with Crippen molar-refractivity contribution in [1.82, 2.24) is 4.90 Å². The Hall–Kier alpha value is -2.10. The first kappa shape index (κ1) is 28.4. The second-order valence-corrected chi connectivity index (χ2v) is 15.8. The molecular formula is C29H31Cl2NO5S2. The number of hydrogen-bond acceptors (Lipinski definition) is 6. The monoisotopic (exact) mass is 607 g/mol. The van der Waals surface area contributed by atoms with Gasteiger partial charge in [0.2, 0.25) is 0 Å². The van der Waals surface area contributed by atoms with Crippen molar-refractivity contribution in [1.29, 1.82) is 0 Å². The number of ether oxygens (including phenoxy) is 1. The highest BCUT2D eigenvalue weighted by molar-refractivity contribution is 7.92. The van der Waals surface area contributed by atoms with E-state index in [4.69, 9.17) is 27.9 Å². The maximum Gasteiger partial charge on any atom is 0.189 e. The van der Waals surface area contributed by atoms with E-state index in [0.29, 0.717) is 70.7 Å². The minimum Gasteiger partial charge on any atom is -0.489 e. The van der Waals surface area contributed by atoms with Crippen LogP contribution in [0, 0.1) is 5.92 Å². The van der Waals surface area contributed by atoms with Gasteiger partial charge in [-0.25, -0.2) is 16.8 Å². The van der Waals surface area contributed by atoms with Gasteiger partial charge in [0.05, 0.1) is 16.4 Å². The Morgan fingerprint density at radius 1 is 0.897 bits per heavy atom. The van der Waals surface area contributed by atoms with Crippen LogP contribution in [-0.2, 0) is 31.0 Å². The van der Waals surface area contributed by atoms with E-state index in [1.165, 1.54) is 0 Å². The van der Waals surface area contributed by atoms with E-state index in [9.17, 15) is 16.8 Å². The molecule has 3 aromatic carbocycles. The van der Waals surface area contributed by atoms with Crippen LogP contribution in [0.3, 0.4) is 0 Å². The molecule has 3 aromatic rings. The molecule has 208 valence electrons. The number of nitrogens with zero attached hydrogens (tertiary/aromatic N) is 1. The Balaban J connectivity index is 1.39. The fourth-order valence-electron chi connectivity index (χ4n) is 5.62. The maximum atomic E-state index is 14.2. The van der Waals surface area contributed by atoms with Crippen LogP contribution in [0.25, 0.3) is 0 Å². The standard InChI is InChI=1S/C29H31Cl2NO5S2/c30-27-7-4-8-28(31)26(27)20-37-24-11-9-23(10-12-24)29(39(35,36)25-5-2-1-3-6-25)15-16-32(21-29)19-22-13-17-38(33,34)18-14-22/h1-12,22H,13-21H2/t29-/m0/s1. The van der Waals surface area contributed by atoms with Crippen molar-refractivity contribution in [2.45, 2.75) is 35.5 Å². The highest BCUT2D eigenvalue weighted by atomic mass is 35.5. The lowest BCUT2D eigenvalue weighted by Crippen LogP contribution is -2.40. The number of rotatable bonds is 8. The third-order valence-electron chi connectivity index (χ3n) is 7.89. The first-order valence-corrected chi connectivity index (χ1v) is 17.0. The summed E-state index contributed by atoms with van der Waals surface area (Å²) >= 11 is 12.5. The highest BCUT2D eigenvalue weighted by Gasteiger charge is 2.51. The Morgan fingerprint density at radius 2 is 1.54 bits per heavy atom. The molecule has 2 saturated heterocycles. The second-order valence-electron chi connectivity index (χ2n) is 10.4. The number of hydrogen-bond donors (Lipinski definition) is 0. The predicted octanol–water partition coefficient (Wildman–Crippen LogP) is 5.77. The van der Waals surface area contributed by atoms with Gasteiger partial charge in [-0.1, -0.05) is 59.6 Å². The van der Waals surface area contributed by atoms with E-state index in [0.717, 1.165) is 0 Å². The summed E-state index contributed by atoms with van der Waals surface area (Å²) in [7, 11) is -6.69. The zero-order valence-corrected chi connectivity index (χ0v) is 24.6. The van der Waals surface area contributed by atoms with Crippen molar-refractivity contribution < 1.29 is 21.6 Å². The van der Waals surface area contributed by atoms with Crippen LogP contribution in [0.2, 0.25) is 10.0 Å². The van der Waals surface area contributed by atoms with Crippen LogP contribution in [0.15, 0.2) is 77.7 Å². The summed E-state index contributed by atoms with van der Waals surface area (Å²) in [6.45, 7) is 1.86. The minimum absolute atomic E-state index is 0.191. The second kappa shape index (κ2) is 11.4. The van der Waals surface area contributed by atoms with Gasteiger partial charge in [-0.3, -0.25) is 0 Å². The smallest absolute Gasteiger partial charge is 0.189 e. The molecule has 0 unspecified atom stereocenters. The summed E-state index contributed by atoms with van der Waals surface area (Å²) in [4.78, 5) is 2.48. The lowest BCUT2D eigenvalue weighted by atomic mass is 9.97. The molecule has 0 saturated carbocycles.